The van der Waals surface area contributed by atoms with E-state index in [1.165, 1.54) is 16.7 Å². The molecule has 0 saturated carbocycles. The highest BCUT2D eigenvalue weighted by atomic mass is 79.9. The number of hydrogen-bond acceptors (Lipinski definition) is 0. The molecule has 0 fully saturated rings. The molecular weight excluding hydrogens is 411 g/mol. The quantitative estimate of drug-likeness (QED) is 0.480. The molecule has 19 heavy (non-hydrogen) atoms. The maximum absolute atomic E-state index is 6.04. The monoisotopic (exact) mass is 420 g/mol. The molecule has 1 atom stereocenters. The molecule has 0 nitrogen and oxygen atoms in total. The van der Waals surface area contributed by atoms with Crippen LogP contribution in [0.5, 0.6) is 0 Å². The normalized spacial score (nSPS) is 12.5. The zero-order valence-electron chi connectivity index (χ0n) is 10.3. The molecule has 0 aromatic heterocycles. The second-order valence-electron chi connectivity index (χ2n) is 4.42. The van der Waals surface area contributed by atoms with Crippen molar-refractivity contribution < 1.29 is 0 Å². The van der Waals surface area contributed by atoms with E-state index >= 15 is 0 Å². The fourth-order valence-corrected chi connectivity index (χ4v) is 3.66. The molecule has 0 radical (unpaired) electrons. The summed E-state index contributed by atoms with van der Waals surface area (Å²) in [5.41, 5.74) is 3.71. The van der Waals surface area contributed by atoms with E-state index in [4.69, 9.17) is 23.2 Å². The Morgan fingerprint density at radius 2 is 1.79 bits per heavy atom. The lowest BCUT2D eigenvalue weighted by molar-refractivity contribution is 0.938. The lowest BCUT2D eigenvalue weighted by Gasteiger charge is -2.14. The van der Waals surface area contributed by atoms with Crippen molar-refractivity contribution in [3.63, 3.8) is 0 Å². The van der Waals surface area contributed by atoms with E-state index in [2.05, 4.69) is 57.0 Å². The van der Waals surface area contributed by atoms with Gasteiger partial charge in [0, 0.05) is 9.30 Å². The van der Waals surface area contributed by atoms with Gasteiger partial charge in [-0.05, 0) is 54.3 Å². The average Bonchev–Trinajstić information content (AvgIpc) is 2.33. The lowest BCUT2D eigenvalue weighted by atomic mass is 10.0. The van der Waals surface area contributed by atoms with E-state index in [-0.39, 0.29) is 4.83 Å². The molecule has 0 saturated heterocycles. The first-order valence-electron chi connectivity index (χ1n) is 5.81. The van der Waals surface area contributed by atoms with Gasteiger partial charge in [0.15, 0.2) is 0 Å². The molecule has 2 rings (SSSR count). The summed E-state index contributed by atoms with van der Waals surface area (Å²) >= 11 is 19.2. The van der Waals surface area contributed by atoms with Gasteiger partial charge in [-0.25, -0.2) is 0 Å². The summed E-state index contributed by atoms with van der Waals surface area (Å²) in [6.07, 6.45) is 0.874. The van der Waals surface area contributed by atoms with Crippen molar-refractivity contribution in [3.05, 3.63) is 67.6 Å². The van der Waals surface area contributed by atoms with Crippen LogP contribution in [-0.4, -0.2) is 0 Å². The Morgan fingerprint density at radius 1 is 1.05 bits per heavy atom. The Labute approximate surface area is 140 Å². The van der Waals surface area contributed by atoms with Gasteiger partial charge in [-0.1, -0.05) is 67.2 Å². The van der Waals surface area contributed by atoms with Gasteiger partial charge in [0.05, 0.1) is 10.0 Å². The molecule has 1 unspecified atom stereocenters. The van der Waals surface area contributed by atoms with E-state index < -0.39 is 0 Å². The Kier molecular flexibility index (Phi) is 5.36. The molecule has 0 heterocycles. The summed E-state index contributed by atoms with van der Waals surface area (Å²) in [7, 11) is 0. The Morgan fingerprint density at radius 3 is 2.42 bits per heavy atom. The van der Waals surface area contributed by atoms with E-state index in [1.54, 1.807) is 0 Å². The van der Waals surface area contributed by atoms with E-state index in [1.807, 2.05) is 18.2 Å². The summed E-state index contributed by atoms with van der Waals surface area (Å²) in [5, 5.41) is 1.20. The Hall–Kier alpha value is -0.0200. The SMILES string of the molecule is Cc1cc(Br)ccc1C(Br)Cc1ccc(Cl)c(Cl)c1. The third kappa shape index (κ3) is 3.98. The highest BCUT2D eigenvalue weighted by Crippen LogP contribution is 2.32. The Bertz CT molecular complexity index is 597. The van der Waals surface area contributed by atoms with E-state index in [0.29, 0.717) is 10.0 Å². The first-order chi connectivity index (χ1) is 8.97. The zero-order valence-corrected chi connectivity index (χ0v) is 14.9. The van der Waals surface area contributed by atoms with Gasteiger partial charge in [-0.3, -0.25) is 0 Å². The zero-order chi connectivity index (χ0) is 14.0. The predicted octanol–water partition coefficient (Wildman–Crippen LogP) is 6.74. The topological polar surface area (TPSA) is 0 Å². The maximum Gasteiger partial charge on any atom is 0.0595 e. The second kappa shape index (κ2) is 6.62. The molecule has 0 N–H and O–H groups in total. The third-order valence-electron chi connectivity index (χ3n) is 2.97. The largest absolute Gasteiger partial charge is 0.0835 e. The smallest absolute Gasteiger partial charge is 0.0595 e. The molecule has 2 aromatic rings. The van der Waals surface area contributed by atoms with Crippen LogP contribution >= 0.6 is 55.1 Å². The van der Waals surface area contributed by atoms with Crippen LogP contribution in [0.25, 0.3) is 0 Å². The second-order valence-corrected chi connectivity index (χ2v) is 7.26. The molecule has 0 aliphatic heterocycles. The van der Waals surface area contributed by atoms with Gasteiger partial charge in [0.1, 0.15) is 0 Å². The van der Waals surface area contributed by atoms with Crippen LogP contribution in [0, 0.1) is 6.92 Å². The standard InChI is InChI=1S/C15H12Br2Cl2/c1-9-6-11(16)3-4-12(9)13(17)7-10-2-5-14(18)15(19)8-10/h2-6,8,13H,7H2,1H3. The van der Waals surface area contributed by atoms with Crippen molar-refractivity contribution in [2.75, 3.05) is 0 Å². The van der Waals surface area contributed by atoms with Crippen LogP contribution in [-0.2, 0) is 6.42 Å². The van der Waals surface area contributed by atoms with Crippen molar-refractivity contribution >= 4 is 55.1 Å². The fourth-order valence-electron chi connectivity index (χ4n) is 1.97. The molecule has 2 aromatic carbocycles. The Balaban J connectivity index is 2.20. The van der Waals surface area contributed by atoms with Crippen LogP contribution < -0.4 is 0 Å². The number of aryl methyl sites for hydroxylation is 1. The van der Waals surface area contributed by atoms with Crippen LogP contribution in [0.1, 0.15) is 21.5 Å². The molecule has 4 heteroatoms. The minimum atomic E-state index is 0.262. The summed E-state index contributed by atoms with van der Waals surface area (Å²) < 4.78 is 1.10. The first kappa shape index (κ1) is 15.4. The van der Waals surface area contributed by atoms with Gasteiger partial charge in [-0.15, -0.1) is 0 Å². The molecule has 0 aliphatic rings. The van der Waals surface area contributed by atoms with Crippen molar-refractivity contribution in [1.82, 2.24) is 0 Å². The molecule has 0 bridgehead atoms. The molecule has 0 spiro atoms. The average molecular weight is 423 g/mol. The predicted molar refractivity (Wildman–Crippen MR) is 90.7 cm³/mol. The number of hydrogen-bond donors (Lipinski definition) is 0. The minimum absolute atomic E-state index is 0.262. The summed E-state index contributed by atoms with van der Waals surface area (Å²) in [6, 6.07) is 12.1. The molecule has 0 aliphatic carbocycles. The van der Waals surface area contributed by atoms with Crippen LogP contribution in [0.3, 0.4) is 0 Å². The lowest BCUT2D eigenvalue weighted by Crippen LogP contribution is -1.98. The third-order valence-corrected chi connectivity index (χ3v) is 5.02. The highest BCUT2D eigenvalue weighted by molar-refractivity contribution is 9.10. The van der Waals surface area contributed by atoms with Crippen LogP contribution in [0.4, 0.5) is 0 Å². The minimum Gasteiger partial charge on any atom is -0.0835 e. The van der Waals surface area contributed by atoms with Crippen molar-refractivity contribution in [1.29, 1.82) is 0 Å². The van der Waals surface area contributed by atoms with Gasteiger partial charge in [0.2, 0.25) is 0 Å². The van der Waals surface area contributed by atoms with Gasteiger partial charge in [-0.2, -0.15) is 0 Å². The van der Waals surface area contributed by atoms with Gasteiger partial charge in [0.25, 0.3) is 0 Å². The van der Waals surface area contributed by atoms with Crippen molar-refractivity contribution in [2.24, 2.45) is 0 Å². The number of rotatable bonds is 3. The highest BCUT2D eigenvalue weighted by Gasteiger charge is 2.12. The maximum atomic E-state index is 6.04. The van der Waals surface area contributed by atoms with Crippen LogP contribution in [0.15, 0.2) is 40.9 Å². The van der Waals surface area contributed by atoms with Crippen molar-refractivity contribution in [2.45, 2.75) is 18.2 Å². The van der Waals surface area contributed by atoms with Gasteiger partial charge >= 0.3 is 0 Å². The number of benzene rings is 2. The summed E-state index contributed by atoms with van der Waals surface area (Å²) in [4.78, 5) is 0.262. The number of alkyl halides is 1. The van der Waals surface area contributed by atoms with Crippen LogP contribution in [0.2, 0.25) is 10.0 Å². The number of halogens is 4. The molecular formula is C15H12Br2Cl2. The summed E-state index contributed by atoms with van der Waals surface area (Å²) in [6.45, 7) is 2.11. The first-order valence-corrected chi connectivity index (χ1v) is 8.28. The van der Waals surface area contributed by atoms with Crippen molar-refractivity contribution in [3.8, 4) is 0 Å². The van der Waals surface area contributed by atoms with E-state index in [0.717, 1.165) is 10.9 Å². The fraction of sp³-hybridized carbons (Fsp3) is 0.200. The summed E-state index contributed by atoms with van der Waals surface area (Å²) in [5.74, 6) is 0. The molecule has 100 valence electrons. The van der Waals surface area contributed by atoms with Gasteiger partial charge < -0.3 is 0 Å². The molecule has 0 amide bonds. The van der Waals surface area contributed by atoms with E-state index in [9.17, 15) is 0 Å².